The number of dihydropyridines is 1. The molecule has 1 aliphatic heterocycles. The summed E-state index contributed by atoms with van der Waals surface area (Å²) in [6, 6.07) is 1.77. The van der Waals surface area contributed by atoms with E-state index in [1.54, 1.807) is 0 Å². The molecule has 5 nitrogen and oxygen atoms in total. The predicted octanol–water partition coefficient (Wildman–Crippen LogP) is 5.02. The summed E-state index contributed by atoms with van der Waals surface area (Å²) in [7, 11) is 0. The van der Waals surface area contributed by atoms with Gasteiger partial charge in [-0.3, -0.25) is 10.1 Å². The molecule has 12 heteroatoms. The minimum Gasteiger partial charge on any atom is -0.337 e. The highest BCUT2D eigenvalue weighted by Gasteiger charge is 2.42. The maximum absolute atomic E-state index is 14.8. The lowest BCUT2D eigenvalue weighted by molar-refractivity contribution is -0.385. The van der Waals surface area contributed by atoms with Crippen LogP contribution in [0.15, 0.2) is 39.5 Å². The van der Waals surface area contributed by atoms with Crippen molar-refractivity contribution in [3.63, 3.8) is 0 Å². The number of hydrogen-bond donors (Lipinski definition) is 2. The molecule has 0 aromatic heterocycles. The van der Waals surface area contributed by atoms with Crippen LogP contribution >= 0.6 is 34.8 Å². The van der Waals surface area contributed by atoms with Gasteiger partial charge in [-0.2, -0.15) is 17.6 Å². The Morgan fingerprint density at radius 1 is 1.25 bits per heavy atom. The molecular weight excluding hydrogens is 401 g/mol. The molecule has 1 aromatic rings. The van der Waals surface area contributed by atoms with Crippen LogP contribution < -0.4 is 10.6 Å². The van der Waals surface area contributed by atoms with E-state index < -0.39 is 44.0 Å². The fraction of sp³-hybridized carbons (Fsp3) is 0.167. The monoisotopic (exact) mass is 405 g/mol. The predicted molar refractivity (Wildman–Crippen MR) is 81.4 cm³/mol. The van der Waals surface area contributed by atoms with Gasteiger partial charge < -0.3 is 10.6 Å². The van der Waals surface area contributed by atoms with Crippen LogP contribution in [0.2, 0.25) is 0 Å². The molecule has 0 fully saturated rings. The van der Waals surface area contributed by atoms with Crippen molar-refractivity contribution >= 4 is 46.2 Å². The zero-order chi connectivity index (χ0) is 18.3. The molecule has 24 heavy (non-hydrogen) atoms. The van der Waals surface area contributed by atoms with Crippen LogP contribution in [-0.2, 0) is 6.18 Å². The van der Waals surface area contributed by atoms with E-state index in [-0.39, 0.29) is 11.1 Å². The summed E-state index contributed by atoms with van der Waals surface area (Å²) in [5.41, 5.74) is -3.03. The minimum absolute atomic E-state index is 0.142. The van der Waals surface area contributed by atoms with Crippen LogP contribution in [0.4, 0.5) is 28.9 Å². The number of alkyl halides is 4. The van der Waals surface area contributed by atoms with Gasteiger partial charge >= 0.3 is 6.18 Å². The molecule has 0 aliphatic carbocycles. The van der Waals surface area contributed by atoms with Crippen molar-refractivity contribution in [2.75, 3.05) is 5.32 Å². The molecule has 2 N–H and O–H groups in total. The molecule has 0 radical (unpaired) electrons. The van der Waals surface area contributed by atoms with Crippen molar-refractivity contribution < 1.29 is 22.5 Å². The molecule has 0 saturated carbocycles. The van der Waals surface area contributed by atoms with Crippen LogP contribution in [0.3, 0.4) is 0 Å². The average molecular weight is 407 g/mol. The first kappa shape index (κ1) is 18.6. The zero-order valence-electron chi connectivity index (χ0n) is 11.2. The standard InChI is InChI=1S/C12H6Cl3F4N3O2/c13-7-4-20-12(19,10(15)9(7)14)21-8-2-1-5(22(23)24)3-6(8)11(16,17)18/h1-4,20-21H. The molecule has 1 aromatic carbocycles. The highest BCUT2D eigenvalue weighted by atomic mass is 35.5. The summed E-state index contributed by atoms with van der Waals surface area (Å²) in [6.07, 6.45) is -4.08. The first-order valence-electron chi connectivity index (χ1n) is 5.98. The van der Waals surface area contributed by atoms with E-state index in [1.807, 2.05) is 10.6 Å². The second kappa shape index (κ2) is 6.30. The van der Waals surface area contributed by atoms with Gasteiger partial charge in [0.2, 0.25) is 0 Å². The largest absolute Gasteiger partial charge is 0.418 e. The van der Waals surface area contributed by atoms with Crippen LogP contribution in [-0.4, -0.2) is 10.8 Å². The lowest BCUT2D eigenvalue weighted by Gasteiger charge is -2.31. The molecule has 1 heterocycles. The Hall–Kier alpha value is -1.71. The fourth-order valence-electron chi connectivity index (χ4n) is 1.81. The first-order valence-corrected chi connectivity index (χ1v) is 7.11. The van der Waals surface area contributed by atoms with Crippen LogP contribution in [0.1, 0.15) is 5.56 Å². The minimum atomic E-state index is -4.98. The van der Waals surface area contributed by atoms with Crippen molar-refractivity contribution in [1.82, 2.24) is 5.32 Å². The second-order valence-corrected chi connectivity index (χ2v) is 5.70. The summed E-state index contributed by atoms with van der Waals surface area (Å²) < 4.78 is 54.1. The number of anilines is 1. The SMILES string of the molecule is O=[N+]([O-])c1ccc(NC2(F)NC=C(Cl)C(Cl)=C2Cl)c(C(F)(F)F)c1. The van der Waals surface area contributed by atoms with E-state index in [4.69, 9.17) is 34.8 Å². The van der Waals surface area contributed by atoms with Gasteiger partial charge in [-0.1, -0.05) is 34.8 Å². The topological polar surface area (TPSA) is 67.2 Å². The summed E-state index contributed by atoms with van der Waals surface area (Å²) in [5, 5.41) is 13.3. The first-order chi connectivity index (χ1) is 11.0. The summed E-state index contributed by atoms with van der Waals surface area (Å²) in [6.45, 7) is 0. The molecule has 1 atom stereocenters. The van der Waals surface area contributed by atoms with Gasteiger partial charge in [0.25, 0.3) is 11.6 Å². The Labute approximate surface area is 147 Å². The Balaban J connectivity index is 2.49. The second-order valence-electron chi connectivity index (χ2n) is 4.53. The van der Waals surface area contributed by atoms with E-state index in [9.17, 15) is 27.7 Å². The van der Waals surface area contributed by atoms with Crippen molar-refractivity contribution in [2.45, 2.75) is 12.1 Å². The van der Waals surface area contributed by atoms with Crippen LogP contribution in [0.25, 0.3) is 0 Å². The number of nitro groups is 1. The number of rotatable bonds is 3. The van der Waals surface area contributed by atoms with Gasteiger partial charge in [0.05, 0.1) is 26.2 Å². The number of benzene rings is 1. The van der Waals surface area contributed by atoms with E-state index in [2.05, 4.69) is 0 Å². The molecule has 1 aliphatic rings. The van der Waals surface area contributed by atoms with Crippen molar-refractivity contribution in [3.8, 4) is 0 Å². The van der Waals surface area contributed by atoms with Crippen LogP contribution in [0.5, 0.6) is 0 Å². The summed E-state index contributed by atoms with van der Waals surface area (Å²) >= 11 is 17.0. The zero-order valence-corrected chi connectivity index (χ0v) is 13.5. The fourth-order valence-corrected chi connectivity index (χ4v) is 2.40. The normalized spacial score (nSPS) is 21.2. The number of nitrogens with one attached hydrogen (secondary N) is 2. The van der Waals surface area contributed by atoms with Crippen LogP contribution in [0, 0.1) is 10.1 Å². The molecule has 0 bridgehead atoms. The highest BCUT2D eigenvalue weighted by molar-refractivity contribution is 6.48. The molecular formula is C12H6Cl3F4N3O2. The molecule has 2 rings (SSSR count). The average Bonchev–Trinajstić information content (AvgIpc) is 2.48. The van der Waals surface area contributed by atoms with Gasteiger partial charge in [0, 0.05) is 18.3 Å². The van der Waals surface area contributed by atoms with E-state index in [0.717, 1.165) is 12.3 Å². The highest BCUT2D eigenvalue weighted by Crippen LogP contribution is 2.41. The molecule has 1 unspecified atom stereocenters. The number of hydrogen-bond acceptors (Lipinski definition) is 4. The van der Waals surface area contributed by atoms with Crippen molar-refractivity contribution in [1.29, 1.82) is 0 Å². The van der Waals surface area contributed by atoms with Gasteiger partial charge in [0.1, 0.15) is 5.03 Å². The molecule has 130 valence electrons. The number of halogens is 7. The third kappa shape index (κ3) is 3.52. The summed E-state index contributed by atoms with van der Waals surface area (Å²) in [5.74, 6) is -2.88. The summed E-state index contributed by atoms with van der Waals surface area (Å²) in [4.78, 5) is 9.63. The van der Waals surface area contributed by atoms with Gasteiger partial charge in [-0.05, 0) is 6.07 Å². The van der Waals surface area contributed by atoms with Gasteiger partial charge in [-0.15, -0.1) is 0 Å². The van der Waals surface area contributed by atoms with Crippen molar-refractivity contribution in [2.24, 2.45) is 0 Å². The van der Waals surface area contributed by atoms with E-state index in [1.165, 1.54) is 0 Å². The van der Waals surface area contributed by atoms with Gasteiger partial charge in [0.15, 0.2) is 0 Å². The maximum Gasteiger partial charge on any atom is 0.418 e. The number of non-ortho nitro benzene ring substituents is 1. The molecule has 0 spiro atoms. The third-order valence-electron chi connectivity index (χ3n) is 2.93. The Kier molecular flexibility index (Phi) is 4.89. The maximum atomic E-state index is 14.8. The molecule has 0 saturated heterocycles. The van der Waals surface area contributed by atoms with Gasteiger partial charge in [-0.25, -0.2) is 0 Å². The van der Waals surface area contributed by atoms with E-state index >= 15 is 0 Å². The number of nitro benzene ring substituents is 1. The Morgan fingerprint density at radius 2 is 1.88 bits per heavy atom. The third-order valence-corrected chi connectivity index (χ3v) is 4.26. The Bertz CT molecular complexity index is 766. The number of allylic oxidation sites excluding steroid dienone is 2. The lowest BCUT2D eigenvalue weighted by atomic mass is 10.1. The Morgan fingerprint density at radius 3 is 2.42 bits per heavy atom. The van der Waals surface area contributed by atoms with Crippen molar-refractivity contribution in [3.05, 3.63) is 55.2 Å². The quantitative estimate of drug-likeness (QED) is 0.320. The number of nitrogens with zero attached hydrogens (tertiary/aromatic N) is 1. The smallest absolute Gasteiger partial charge is 0.337 e. The van der Waals surface area contributed by atoms with E-state index in [0.29, 0.717) is 6.07 Å². The lowest BCUT2D eigenvalue weighted by Crippen LogP contribution is -2.48. The molecule has 0 amide bonds.